The second kappa shape index (κ2) is 9.95. The zero-order valence-electron chi connectivity index (χ0n) is 18.2. The molecule has 2 aromatic carbocycles. The number of hydrogen-bond donors (Lipinski definition) is 2. The van der Waals surface area contributed by atoms with E-state index in [1.807, 2.05) is 11.9 Å². The minimum Gasteiger partial charge on any atom is -0.508 e. The number of ketones is 1. The number of ether oxygens (including phenoxy) is 1. The third kappa shape index (κ3) is 5.11. The van der Waals surface area contributed by atoms with E-state index in [2.05, 4.69) is 0 Å². The van der Waals surface area contributed by atoms with Crippen molar-refractivity contribution in [3.05, 3.63) is 58.4 Å². The first-order valence-electron chi connectivity index (χ1n) is 10.3. The maximum atomic E-state index is 15.0. The molecule has 3 rings (SSSR count). The van der Waals surface area contributed by atoms with Gasteiger partial charge in [-0.3, -0.25) is 4.79 Å². The average molecular weight is 463 g/mol. The van der Waals surface area contributed by atoms with Gasteiger partial charge in [-0.2, -0.15) is 0 Å². The summed E-state index contributed by atoms with van der Waals surface area (Å²) in [4.78, 5) is 28.8. The number of esters is 1. The highest BCUT2D eigenvalue weighted by Gasteiger charge is 2.31. The van der Waals surface area contributed by atoms with Crippen molar-refractivity contribution in [2.75, 3.05) is 50.5 Å². The molecule has 176 valence electrons. The second-order valence-corrected chi connectivity index (χ2v) is 7.59. The van der Waals surface area contributed by atoms with Crippen molar-refractivity contribution < 1.29 is 32.6 Å². The standard InChI is InChI=1S/C23H24F3N3O4/c1-3-33-23(32)16(11-13-10-14(30)4-5-18(13)27)22(31)15-12-17(24)21(20(26)19(15)25)29-8-6-28(2)7-9-29/h4-5,10-12,30H,3,6-9,27H2,1-2H3/b16-11-. The van der Waals surface area contributed by atoms with Gasteiger partial charge in [0.1, 0.15) is 22.8 Å². The lowest BCUT2D eigenvalue weighted by atomic mass is 9.98. The SMILES string of the molecule is CCOC(=O)/C(=C\c1cc(O)ccc1N)C(=O)c1cc(F)c(N2CCN(C)CC2)c(F)c1F. The van der Waals surface area contributed by atoms with Gasteiger partial charge in [-0.1, -0.05) is 0 Å². The molecule has 1 heterocycles. The monoisotopic (exact) mass is 463 g/mol. The van der Waals surface area contributed by atoms with Crippen LogP contribution in [0.15, 0.2) is 29.8 Å². The van der Waals surface area contributed by atoms with Gasteiger partial charge < -0.3 is 25.4 Å². The third-order valence-corrected chi connectivity index (χ3v) is 5.31. The topological polar surface area (TPSA) is 96.1 Å². The van der Waals surface area contributed by atoms with E-state index in [1.54, 1.807) is 0 Å². The molecule has 0 bridgehead atoms. The Balaban J connectivity index is 2.07. The fourth-order valence-corrected chi connectivity index (χ4v) is 3.48. The summed E-state index contributed by atoms with van der Waals surface area (Å²) in [6.45, 7) is 3.01. The Bertz CT molecular complexity index is 1110. The smallest absolute Gasteiger partial charge is 0.342 e. The molecular formula is C23H24F3N3O4. The lowest BCUT2D eigenvalue weighted by molar-refractivity contribution is -0.137. The van der Waals surface area contributed by atoms with Gasteiger partial charge in [0.15, 0.2) is 11.6 Å². The Labute approximate surface area is 188 Å². The maximum Gasteiger partial charge on any atom is 0.342 e. The molecule has 33 heavy (non-hydrogen) atoms. The Morgan fingerprint density at radius 3 is 2.42 bits per heavy atom. The number of likely N-dealkylation sites (N-methyl/N-ethyl adjacent to an activating group) is 1. The highest BCUT2D eigenvalue weighted by molar-refractivity contribution is 6.27. The molecule has 0 aliphatic carbocycles. The predicted octanol–water partition coefficient (Wildman–Crippen LogP) is 2.97. The van der Waals surface area contributed by atoms with E-state index < -0.39 is 46.0 Å². The molecule has 1 aliphatic rings. The molecule has 2 aromatic rings. The number of nitrogens with two attached hydrogens (primary N) is 1. The predicted molar refractivity (Wildman–Crippen MR) is 117 cm³/mol. The molecule has 0 atom stereocenters. The Morgan fingerprint density at radius 2 is 1.79 bits per heavy atom. The molecule has 0 radical (unpaired) electrons. The van der Waals surface area contributed by atoms with Crippen LogP contribution in [0.25, 0.3) is 6.08 Å². The molecule has 0 unspecified atom stereocenters. The number of benzene rings is 2. The highest BCUT2D eigenvalue weighted by atomic mass is 19.2. The summed E-state index contributed by atoms with van der Waals surface area (Å²) in [5.41, 5.74) is 3.78. The van der Waals surface area contributed by atoms with Gasteiger partial charge in [0.25, 0.3) is 0 Å². The fraction of sp³-hybridized carbons (Fsp3) is 0.304. The second-order valence-electron chi connectivity index (χ2n) is 7.59. The Kier molecular flexibility index (Phi) is 7.27. The van der Waals surface area contributed by atoms with E-state index in [1.165, 1.54) is 30.0 Å². The van der Waals surface area contributed by atoms with Gasteiger partial charge in [-0.25, -0.2) is 18.0 Å². The maximum absolute atomic E-state index is 15.0. The summed E-state index contributed by atoms with van der Waals surface area (Å²) in [6, 6.07) is 4.38. The van der Waals surface area contributed by atoms with E-state index in [0.717, 1.165) is 6.08 Å². The lowest BCUT2D eigenvalue weighted by Gasteiger charge is -2.34. The normalized spacial score (nSPS) is 14.9. The molecule has 0 saturated carbocycles. The molecule has 10 heteroatoms. The number of rotatable bonds is 6. The Hall–Kier alpha value is -3.53. The summed E-state index contributed by atoms with van der Waals surface area (Å²) >= 11 is 0. The minimum atomic E-state index is -1.57. The van der Waals surface area contributed by atoms with Crippen LogP contribution in [0.2, 0.25) is 0 Å². The van der Waals surface area contributed by atoms with E-state index in [0.29, 0.717) is 19.2 Å². The summed E-state index contributed by atoms with van der Waals surface area (Å²) < 4.78 is 49.6. The number of anilines is 2. The van der Waals surface area contributed by atoms with E-state index >= 15 is 0 Å². The summed E-state index contributed by atoms with van der Waals surface area (Å²) in [6.07, 6.45) is 0.985. The van der Waals surface area contributed by atoms with Crippen LogP contribution in [-0.4, -0.2) is 61.6 Å². The number of Topliss-reactive ketones (excluding diaryl/α,β-unsaturated/α-hetero) is 1. The lowest BCUT2D eigenvalue weighted by Crippen LogP contribution is -2.45. The number of piperazine rings is 1. The van der Waals surface area contributed by atoms with Gasteiger partial charge in [0, 0.05) is 37.4 Å². The first-order valence-corrected chi connectivity index (χ1v) is 10.3. The van der Waals surface area contributed by atoms with Crippen LogP contribution in [0.5, 0.6) is 5.75 Å². The first kappa shape index (κ1) is 24.1. The van der Waals surface area contributed by atoms with Gasteiger partial charge in [0.05, 0.1) is 12.2 Å². The van der Waals surface area contributed by atoms with Crippen molar-refractivity contribution >= 4 is 29.2 Å². The van der Waals surface area contributed by atoms with E-state index in [-0.39, 0.29) is 36.7 Å². The number of hydrogen-bond acceptors (Lipinski definition) is 7. The molecule has 0 spiro atoms. The molecule has 7 nitrogen and oxygen atoms in total. The molecule has 0 amide bonds. The van der Waals surface area contributed by atoms with Crippen LogP contribution < -0.4 is 10.6 Å². The number of halogens is 3. The van der Waals surface area contributed by atoms with Crippen molar-refractivity contribution in [2.45, 2.75) is 6.92 Å². The fourth-order valence-electron chi connectivity index (χ4n) is 3.48. The summed E-state index contributed by atoms with van der Waals surface area (Å²) in [7, 11) is 1.86. The van der Waals surface area contributed by atoms with Gasteiger partial charge in [-0.15, -0.1) is 0 Å². The van der Waals surface area contributed by atoms with Crippen LogP contribution in [0, 0.1) is 17.5 Å². The van der Waals surface area contributed by atoms with Crippen LogP contribution >= 0.6 is 0 Å². The average Bonchev–Trinajstić information content (AvgIpc) is 2.77. The van der Waals surface area contributed by atoms with Crippen molar-refractivity contribution in [2.24, 2.45) is 0 Å². The van der Waals surface area contributed by atoms with E-state index in [9.17, 15) is 27.9 Å². The zero-order valence-corrected chi connectivity index (χ0v) is 18.2. The number of nitrogen functional groups attached to an aromatic ring is 1. The van der Waals surface area contributed by atoms with Gasteiger partial charge in [-0.05, 0) is 44.3 Å². The van der Waals surface area contributed by atoms with Crippen molar-refractivity contribution in [3.8, 4) is 5.75 Å². The van der Waals surface area contributed by atoms with Crippen LogP contribution in [0.3, 0.4) is 0 Å². The number of phenolic OH excluding ortho intramolecular Hbond substituents is 1. The van der Waals surface area contributed by atoms with E-state index in [4.69, 9.17) is 10.5 Å². The summed E-state index contributed by atoms with van der Waals surface area (Å²) in [5, 5.41) is 9.68. The third-order valence-electron chi connectivity index (χ3n) is 5.31. The number of carbonyl (C=O) groups is 2. The zero-order chi connectivity index (χ0) is 24.3. The molecule has 1 aliphatic heterocycles. The van der Waals surface area contributed by atoms with Crippen LogP contribution in [-0.2, 0) is 9.53 Å². The first-order chi connectivity index (χ1) is 15.6. The number of phenols is 1. The molecular weight excluding hydrogens is 439 g/mol. The quantitative estimate of drug-likeness (QED) is 0.0994. The molecule has 1 saturated heterocycles. The number of aromatic hydroxyl groups is 1. The van der Waals surface area contributed by atoms with Gasteiger partial charge >= 0.3 is 5.97 Å². The van der Waals surface area contributed by atoms with Crippen molar-refractivity contribution in [1.29, 1.82) is 0 Å². The summed E-state index contributed by atoms with van der Waals surface area (Å²) in [5.74, 6) is -6.82. The number of nitrogens with zero attached hydrogens (tertiary/aromatic N) is 2. The van der Waals surface area contributed by atoms with Crippen LogP contribution in [0.1, 0.15) is 22.8 Å². The minimum absolute atomic E-state index is 0.0711. The largest absolute Gasteiger partial charge is 0.508 e. The highest BCUT2D eigenvalue weighted by Crippen LogP contribution is 2.31. The van der Waals surface area contributed by atoms with Gasteiger partial charge in [0.2, 0.25) is 5.78 Å². The van der Waals surface area contributed by atoms with Crippen molar-refractivity contribution in [1.82, 2.24) is 4.90 Å². The van der Waals surface area contributed by atoms with Crippen molar-refractivity contribution in [3.63, 3.8) is 0 Å². The molecule has 1 fully saturated rings. The number of carbonyl (C=O) groups excluding carboxylic acids is 2. The molecule has 0 aromatic heterocycles. The Morgan fingerprint density at radius 1 is 1.12 bits per heavy atom. The molecule has 3 N–H and O–H groups in total. The van der Waals surface area contributed by atoms with Crippen LogP contribution in [0.4, 0.5) is 24.5 Å².